The number of hydrogen-bond donors (Lipinski definition) is 1. The van der Waals surface area contributed by atoms with Gasteiger partial charge in [-0.05, 0) is 26.7 Å². The molecule has 0 rings (SSSR count). The lowest BCUT2D eigenvalue weighted by molar-refractivity contribution is -0.138. The molecular weight excluding hydrogens is 282 g/mol. The van der Waals surface area contributed by atoms with Crippen LogP contribution in [0.3, 0.4) is 0 Å². The van der Waals surface area contributed by atoms with E-state index in [1.165, 1.54) is 5.57 Å². The lowest BCUT2D eigenvalue weighted by atomic mass is 10.2. The van der Waals surface area contributed by atoms with E-state index in [0.717, 1.165) is 19.4 Å². The van der Waals surface area contributed by atoms with E-state index in [2.05, 4.69) is 31.2 Å². The van der Waals surface area contributed by atoms with Crippen molar-refractivity contribution in [2.24, 2.45) is 5.73 Å². The van der Waals surface area contributed by atoms with Crippen LogP contribution >= 0.6 is 17.0 Å². The summed E-state index contributed by atoms with van der Waals surface area (Å²) in [4.78, 5) is 10.4. The predicted molar refractivity (Wildman–Crippen MR) is 79.5 cm³/mol. The van der Waals surface area contributed by atoms with Crippen molar-refractivity contribution in [1.29, 1.82) is 0 Å². The molecule has 0 aromatic heterocycles. The molecule has 0 spiro atoms. The van der Waals surface area contributed by atoms with Crippen molar-refractivity contribution in [3.05, 3.63) is 23.8 Å². The third-order valence-electron chi connectivity index (χ3n) is 1.83. The van der Waals surface area contributed by atoms with E-state index in [4.69, 9.17) is 5.73 Å². The maximum absolute atomic E-state index is 10.4. The fourth-order valence-electron chi connectivity index (χ4n) is 0.915. The van der Waals surface area contributed by atoms with E-state index in [9.17, 15) is 4.79 Å². The van der Waals surface area contributed by atoms with Crippen LogP contribution in [0.25, 0.3) is 0 Å². The number of ether oxygens (including phenoxy) is 1. The minimum absolute atomic E-state index is 0. The van der Waals surface area contributed by atoms with Gasteiger partial charge in [0.15, 0.2) is 0 Å². The van der Waals surface area contributed by atoms with Gasteiger partial charge in [0.25, 0.3) is 0 Å². The topological polar surface area (TPSA) is 52.3 Å². The van der Waals surface area contributed by atoms with Crippen molar-refractivity contribution in [2.75, 3.05) is 13.2 Å². The highest BCUT2D eigenvalue weighted by Crippen LogP contribution is 1.97. The van der Waals surface area contributed by atoms with Crippen LogP contribution in [0, 0.1) is 0 Å². The molecule has 4 heteroatoms. The lowest BCUT2D eigenvalue weighted by Crippen LogP contribution is -2.03. The number of esters is 1. The van der Waals surface area contributed by atoms with Gasteiger partial charge in [0.1, 0.15) is 0 Å². The maximum atomic E-state index is 10.4. The van der Waals surface area contributed by atoms with Crippen LogP contribution in [-0.4, -0.2) is 19.1 Å². The summed E-state index contributed by atoms with van der Waals surface area (Å²) in [5.41, 5.74) is 7.22. The molecule has 0 heterocycles. The van der Waals surface area contributed by atoms with E-state index < -0.39 is 0 Å². The first-order chi connectivity index (χ1) is 7.53. The highest BCUT2D eigenvalue weighted by molar-refractivity contribution is 8.93. The first kappa shape index (κ1) is 21.7. The Morgan fingerprint density at radius 2 is 1.88 bits per heavy atom. The standard InChI is InChI=1S/C7H15N.C6H10O2.BrH/c1-3-5-7(4-2)6-8;1-4-8-6(7)5(2)3;/h5H,3-4,6,8H2,1-2H3;2,4H2,1,3H3;1H. The van der Waals surface area contributed by atoms with Crippen LogP contribution in [0.1, 0.15) is 40.5 Å². The Labute approximate surface area is 116 Å². The zero-order valence-electron chi connectivity index (χ0n) is 11.4. The van der Waals surface area contributed by atoms with Gasteiger partial charge in [-0.2, -0.15) is 0 Å². The zero-order chi connectivity index (χ0) is 13.0. The highest BCUT2D eigenvalue weighted by Gasteiger charge is 1.98. The minimum Gasteiger partial charge on any atom is -0.463 e. The van der Waals surface area contributed by atoms with Crippen molar-refractivity contribution in [3.63, 3.8) is 0 Å². The molecule has 0 unspecified atom stereocenters. The summed E-state index contributed by atoms with van der Waals surface area (Å²) >= 11 is 0. The van der Waals surface area contributed by atoms with E-state index >= 15 is 0 Å². The van der Waals surface area contributed by atoms with E-state index in [0.29, 0.717) is 12.2 Å². The number of rotatable bonds is 5. The second-order valence-corrected chi connectivity index (χ2v) is 3.33. The Kier molecular flexibility index (Phi) is 19.6. The van der Waals surface area contributed by atoms with Crippen LogP contribution in [0.5, 0.6) is 0 Å². The summed E-state index contributed by atoms with van der Waals surface area (Å²) in [7, 11) is 0. The molecule has 0 aromatic carbocycles. The first-order valence-corrected chi connectivity index (χ1v) is 5.73. The Balaban J connectivity index is -0.000000218. The summed E-state index contributed by atoms with van der Waals surface area (Å²) in [6, 6.07) is 0. The number of hydrogen-bond acceptors (Lipinski definition) is 3. The van der Waals surface area contributed by atoms with E-state index in [-0.39, 0.29) is 23.0 Å². The molecule has 3 nitrogen and oxygen atoms in total. The SMILES string of the molecule is Br.C=C(C)C(=O)OCC.CCC=C(CC)CN. The average Bonchev–Trinajstić information content (AvgIpc) is 2.27. The first-order valence-electron chi connectivity index (χ1n) is 5.73. The Bertz CT molecular complexity index is 232. The molecule has 0 saturated heterocycles. The molecule has 0 saturated carbocycles. The third-order valence-corrected chi connectivity index (χ3v) is 1.83. The quantitative estimate of drug-likeness (QED) is 0.481. The molecule has 0 aliphatic carbocycles. The minimum atomic E-state index is -0.312. The second-order valence-electron chi connectivity index (χ2n) is 3.33. The second kappa shape index (κ2) is 15.4. The Morgan fingerprint density at radius 1 is 1.35 bits per heavy atom. The fourth-order valence-corrected chi connectivity index (χ4v) is 0.915. The number of allylic oxidation sites excluding steroid dienone is 1. The molecule has 0 bridgehead atoms. The maximum Gasteiger partial charge on any atom is 0.333 e. The van der Waals surface area contributed by atoms with Crippen LogP contribution in [0.4, 0.5) is 0 Å². The van der Waals surface area contributed by atoms with Crippen molar-refractivity contribution < 1.29 is 9.53 Å². The van der Waals surface area contributed by atoms with Crippen LogP contribution in [-0.2, 0) is 9.53 Å². The average molecular weight is 308 g/mol. The number of nitrogens with two attached hydrogens (primary N) is 1. The van der Waals surface area contributed by atoms with Crippen LogP contribution in [0.2, 0.25) is 0 Å². The van der Waals surface area contributed by atoms with Crippen molar-refractivity contribution in [2.45, 2.75) is 40.5 Å². The monoisotopic (exact) mass is 307 g/mol. The molecule has 0 aliphatic rings. The third kappa shape index (κ3) is 15.4. The number of carbonyl (C=O) groups excluding carboxylic acids is 1. The van der Waals surface area contributed by atoms with Gasteiger partial charge in [0, 0.05) is 12.1 Å². The molecular formula is C13H26BrNO2. The summed E-state index contributed by atoms with van der Waals surface area (Å²) < 4.78 is 4.56. The van der Waals surface area contributed by atoms with Crippen LogP contribution in [0.15, 0.2) is 23.8 Å². The molecule has 0 aliphatic heterocycles. The molecule has 102 valence electrons. The molecule has 0 radical (unpaired) electrons. The summed E-state index contributed by atoms with van der Waals surface area (Å²) in [6.07, 6.45) is 4.41. The molecule has 17 heavy (non-hydrogen) atoms. The predicted octanol–water partition coefficient (Wildman–Crippen LogP) is 3.40. The van der Waals surface area contributed by atoms with Gasteiger partial charge in [-0.25, -0.2) is 4.79 Å². The molecule has 0 fully saturated rings. The fraction of sp³-hybridized carbons (Fsp3) is 0.615. The Morgan fingerprint density at radius 3 is 2.00 bits per heavy atom. The van der Waals surface area contributed by atoms with Crippen molar-refractivity contribution in [1.82, 2.24) is 0 Å². The molecule has 0 aromatic rings. The van der Waals surface area contributed by atoms with Gasteiger partial charge < -0.3 is 10.5 Å². The Hall–Kier alpha value is -0.610. The summed E-state index contributed by atoms with van der Waals surface area (Å²) in [5, 5.41) is 0. The van der Waals surface area contributed by atoms with E-state index in [1.54, 1.807) is 13.8 Å². The number of carbonyl (C=O) groups is 1. The van der Waals surface area contributed by atoms with Gasteiger partial charge >= 0.3 is 5.97 Å². The highest BCUT2D eigenvalue weighted by atomic mass is 79.9. The largest absolute Gasteiger partial charge is 0.463 e. The van der Waals surface area contributed by atoms with Crippen LogP contribution < -0.4 is 5.73 Å². The van der Waals surface area contributed by atoms with Crippen molar-refractivity contribution >= 4 is 23.0 Å². The van der Waals surface area contributed by atoms with Crippen molar-refractivity contribution in [3.8, 4) is 0 Å². The van der Waals surface area contributed by atoms with Gasteiger partial charge in [-0.15, -0.1) is 17.0 Å². The smallest absolute Gasteiger partial charge is 0.333 e. The van der Waals surface area contributed by atoms with Gasteiger partial charge in [0.2, 0.25) is 0 Å². The summed E-state index contributed by atoms with van der Waals surface area (Å²) in [5.74, 6) is -0.312. The summed E-state index contributed by atoms with van der Waals surface area (Å²) in [6.45, 7) is 12.2. The zero-order valence-corrected chi connectivity index (χ0v) is 13.1. The number of halogens is 1. The van der Waals surface area contributed by atoms with Gasteiger partial charge in [0.05, 0.1) is 6.61 Å². The van der Waals surface area contributed by atoms with Gasteiger partial charge in [-0.3, -0.25) is 0 Å². The van der Waals surface area contributed by atoms with Gasteiger partial charge in [-0.1, -0.05) is 32.1 Å². The molecule has 0 atom stereocenters. The molecule has 0 amide bonds. The lowest BCUT2D eigenvalue weighted by Gasteiger charge is -1.96. The molecule has 2 N–H and O–H groups in total. The normalized spacial score (nSPS) is 9.59. The van der Waals surface area contributed by atoms with E-state index in [1.807, 2.05) is 0 Å².